The number of carbonyl (C=O) groups excluding carboxylic acids is 1. The number of nitrogens with zero attached hydrogens (tertiary/aromatic N) is 1. The van der Waals surface area contributed by atoms with E-state index in [0.29, 0.717) is 30.8 Å². The second-order valence-electron chi connectivity index (χ2n) is 3.88. The molecule has 6 nitrogen and oxygen atoms in total. The summed E-state index contributed by atoms with van der Waals surface area (Å²) in [4.78, 5) is 24.1. The molecule has 0 atom stereocenters. The van der Waals surface area contributed by atoms with Crippen molar-refractivity contribution in [1.29, 1.82) is 0 Å². The fourth-order valence-corrected chi connectivity index (χ4v) is 1.51. The number of nitrogens with two attached hydrogens (primary N) is 2. The molecule has 0 saturated heterocycles. The van der Waals surface area contributed by atoms with Crippen molar-refractivity contribution in [1.82, 2.24) is 4.90 Å². The molecule has 5 N–H and O–H groups in total. The molecule has 0 heterocycles. The Labute approximate surface area is 105 Å². The molecule has 0 saturated carbocycles. The van der Waals surface area contributed by atoms with Crippen LogP contribution in [0.2, 0.25) is 0 Å². The molecule has 0 aliphatic heterocycles. The second kappa shape index (κ2) is 6.61. The van der Waals surface area contributed by atoms with Gasteiger partial charge in [0, 0.05) is 17.8 Å². The van der Waals surface area contributed by atoms with Gasteiger partial charge in [0.25, 0.3) is 5.91 Å². The lowest BCUT2D eigenvalue weighted by atomic mass is 10.1. The largest absolute Gasteiger partial charge is 0.480 e. The van der Waals surface area contributed by atoms with Crippen LogP contribution >= 0.6 is 0 Å². The van der Waals surface area contributed by atoms with E-state index in [4.69, 9.17) is 16.6 Å². The van der Waals surface area contributed by atoms with Crippen molar-refractivity contribution in [3.63, 3.8) is 0 Å². The van der Waals surface area contributed by atoms with Crippen LogP contribution in [0.25, 0.3) is 0 Å². The van der Waals surface area contributed by atoms with Gasteiger partial charge in [-0.2, -0.15) is 0 Å². The Morgan fingerprint density at radius 2 is 1.83 bits per heavy atom. The number of carboxylic acids is 1. The Kier molecular flexibility index (Phi) is 5.13. The van der Waals surface area contributed by atoms with E-state index in [2.05, 4.69) is 0 Å². The summed E-state index contributed by atoms with van der Waals surface area (Å²) in [6, 6.07) is 6.37. The van der Waals surface area contributed by atoms with Crippen LogP contribution in [0.3, 0.4) is 0 Å². The van der Waals surface area contributed by atoms with Gasteiger partial charge in [0.15, 0.2) is 0 Å². The van der Waals surface area contributed by atoms with Gasteiger partial charge in [-0.1, -0.05) is 0 Å². The van der Waals surface area contributed by atoms with E-state index in [0.717, 1.165) is 0 Å². The number of hydrogen-bond donors (Lipinski definition) is 3. The molecule has 0 aliphatic carbocycles. The van der Waals surface area contributed by atoms with Crippen molar-refractivity contribution < 1.29 is 14.7 Å². The van der Waals surface area contributed by atoms with E-state index < -0.39 is 5.97 Å². The van der Waals surface area contributed by atoms with Gasteiger partial charge in [0.05, 0.1) is 0 Å². The van der Waals surface area contributed by atoms with E-state index >= 15 is 0 Å². The maximum Gasteiger partial charge on any atom is 0.323 e. The molecular weight excluding hydrogens is 234 g/mol. The van der Waals surface area contributed by atoms with Crippen molar-refractivity contribution >= 4 is 17.6 Å². The first-order valence-corrected chi connectivity index (χ1v) is 5.61. The molecule has 0 aromatic heterocycles. The maximum absolute atomic E-state index is 12.1. The van der Waals surface area contributed by atoms with E-state index in [1.54, 1.807) is 24.3 Å². The van der Waals surface area contributed by atoms with Gasteiger partial charge in [-0.15, -0.1) is 0 Å². The molecule has 0 unspecified atom stereocenters. The van der Waals surface area contributed by atoms with Crippen molar-refractivity contribution in [2.75, 3.05) is 25.4 Å². The van der Waals surface area contributed by atoms with Gasteiger partial charge in [0.1, 0.15) is 6.54 Å². The zero-order chi connectivity index (χ0) is 13.5. The highest BCUT2D eigenvalue weighted by Gasteiger charge is 2.17. The van der Waals surface area contributed by atoms with Gasteiger partial charge < -0.3 is 21.5 Å². The Balaban J connectivity index is 2.80. The number of carbonyl (C=O) groups is 2. The highest BCUT2D eigenvalue weighted by Crippen LogP contribution is 2.09. The summed E-state index contributed by atoms with van der Waals surface area (Å²) in [7, 11) is 0. The van der Waals surface area contributed by atoms with E-state index in [-0.39, 0.29) is 12.5 Å². The van der Waals surface area contributed by atoms with Crippen molar-refractivity contribution in [2.24, 2.45) is 5.73 Å². The smallest absolute Gasteiger partial charge is 0.323 e. The van der Waals surface area contributed by atoms with Gasteiger partial charge in [-0.25, -0.2) is 0 Å². The van der Waals surface area contributed by atoms with Crippen LogP contribution in [0.1, 0.15) is 16.8 Å². The molecule has 1 amide bonds. The molecular formula is C12H17N3O3. The molecule has 0 spiro atoms. The first-order valence-electron chi connectivity index (χ1n) is 5.61. The first-order chi connectivity index (χ1) is 8.54. The average molecular weight is 251 g/mol. The van der Waals surface area contributed by atoms with Crippen LogP contribution in [0.5, 0.6) is 0 Å². The average Bonchev–Trinajstić information content (AvgIpc) is 2.34. The summed E-state index contributed by atoms with van der Waals surface area (Å²) in [6.45, 7) is 0.403. The zero-order valence-electron chi connectivity index (χ0n) is 10.0. The predicted octanol–water partition coefficient (Wildman–Crippen LogP) is 0.144. The monoisotopic (exact) mass is 251 g/mol. The lowest BCUT2D eigenvalue weighted by molar-refractivity contribution is -0.137. The van der Waals surface area contributed by atoms with Gasteiger partial charge in [-0.3, -0.25) is 9.59 Å². The number of hydrogen-bond acceptors (Lipinski definition) is 4. The number of carboxylic acid groups (broad SMARTS) is 1. The third-order valence-corrected chi connectivity index (χ3v) is 2.40. The molecule has 18 heavy (non-hydrogen) atoms. The quantitative estimate of drug-likeness (QED) is 0.623. The number of benzene rings is 1. The van der Waals surface area contributed by atoms with E-state index in [9.17, 15) is 9.59 Å². The molecule has 0 radical (unpaired) electrons. The maximum atomic E-state index is 12.1. The van der Waals surface area contributed by atoms with Gasteiger partial charge in [-0.05, 0) is 37.2 Å². The molecule has 1 aromatic rings. The molecule has 6 heteroatoms. The summed E-state index contributed by atoms with van der Waals surface area (Å²) in [5.74, 6) is -1.37. The summed E-state index contributed by atoms with van der Waals surface area (Å²) in [5.41, 5.74) is 11.9. The number of rotatable bonds is 6. The number of aliphatic carboxylic acids is 1. The summed E-state index contributed by atoms with van der Waals surface area (Å²) >= 11 is 0. The Bertz CT molecular complexity index is 417. The topological polar surface area (TPSA) is 110 Å². The standard InChI is InChI=1S/C12H17N3O3/c13-6-1-7-15(8-11(16)17)12(18)9-2-4-10(14)5-3-9/h2-5H,1,6-8,13-14H2,(H,16,17). The third-order valence-electron chi connectivity index (χ3n) is 2.40. The molecule has 1 rings (SSSR count). The molecule has 98 valence electrons. The Morgan fingerprint density at radius 3 is 2.33 bits per heavy atom. The van der Waals surface area contributed by atoms with Crippen LogP contribution < -0.4 is 11.5 Å². The van der Waals surface area contributed by atoms with E-state index in [1.807, 2.05) is 0 Å². The molecule has 1 aromatic carbocycles. The Hall–Kier alpha value is -2.08. The molecule has 0 bridgehead atoms. The van der Waals surface area contributed by atoms with Gasteiger partial charge >= 0.3 is 5.97 Å². The van der Waals surface area contributed by atoms with Crippen molar-refractivity contribution in [3.05, 3.63) is 29.8 Å². The third kappa shape index (κ3) is 4.06. The van der Waals surface area contributed by atoms with Crippen molar-refractivity contribution in [2.45, 2.75) is 6.42 Å². The Morgan fingerprint density at radius 1 is 1.22 bits per heavy atom. The zero-order valence-corrected chi connectivity index (χ0v) is 10.0. The number of nitrogen functional groups attached to an aromatic ring is 1. The fourth-order valence-electron chi connectivity index (χ4n) is 1.51. The molecule has 0 aliphatic rings. The minimum atomic E-state index is -1.05. The van der Waals surface area contributed by atoms with Crippen LogP contribution in [-0.2, 0) is 4.79 Å². The number of anilines is 1. The number of amides is 1. The molecule has 0 fully saturated rings. The first kappa shape index (κ1) is 14.0. The lowest BCUT2D eigenvalue weighted by Gasteiger charge is -2.20. The fraction of sp³-hybridized carbons (Fsp3) is 0.333. The highest BCUT2D eigenvalue weighted by atomic mass is 16.4. The minimum absolute atomic E-state index is 0.325. The van der Waals surface area contributed by atoms with Crippen LogP contribution in [-0.4, -0.2) is 41.5 Å². The van der Waals surface area contributed by atoms with Crippen LogP contribution in [0.15, 0.2) is 24.3 Å². The minimum Gasteiger partial charge on any atom is -0.480 e. The van der Waals surface area contributed by atoms with Crippen LogP contribution in [0.4, 0.5) is 5.69 Å². The second-order valence-corrected chi connectivity index (χ2v) is 3.88. The highest BCUT2D eigenvalue weighted by molar-refractivity contribution is 5.96. The van der Waals surface area contributed by atoms with E-state index in [1.165, 1.54) is 4.90 Å². The normalized spacial score (nSPS) is 10.1. The SMILES string of the molecule is NCCCN(CC(=O)O)C(=O)c1ccc(N)cc1. The summed E-state index contributed by atoms with van der Waals surface area (Å²) in [6.07, 6.45) is 0.563. The summed E-state index contributed by atoms with van der Waals surface area (Å²) < 4.78 is 0. The summed E-state index contributed by atoms with van der Waals surface area (Å²) in [5, 5.41) is 8.78. The predicted molar refractivity (Wildman–Crippen MR) is 68.1 cm³/mol. The lowest BCUT2D eigenvalue weighted by Crippen LogP contribution is -2.37. The van der Waals surface area contributed by atoms with Crippen molar-refractivity contribution in [3.8, 4) is 0 Å². The van der Waals surface area contributed by atoms with Gasteiger partial charge in [0.2, 0.25) is 0 Å². The van der Waals surface area contributed by atoms with Crippen LogP contribution in [0, 0.1) is 0 Å².